The molecule has 0 amide bonds. The zero-order valence-corrected chi connectivity index (χ0v) is 14.6. The number of carbonyl (C=O) groups is 1. The van der Waals surface area contributed by atoms with Crippen LogP contribution in [0.4, 0.5) is 4.39 Å². The van der Waals surface area contributed by atoms with E-state index in [1.807, 2.05) is 0 Å². The Morgan fingerprint density at radius 1 is 1.20 bits per heavy atom. The summed E-state index contributed by atoms with van der Waals surface area (Å²) in [6.45, 7) is -0.128. The second-order valence-corrected chi connectivity index (χ2v) is 6.01. The molecular formula is C18H12BrFO5. The Hall–Kier alpha value is -2.67. The molecule has 0 aliphatic rings. The third-order valence-corrected chi connectivity index (χ3v) is 4.20. The van der Waals surface area contributed by atoms with Crippen molar-refractivity contribution in [3.8, 4) is 5.75 Å². The fourth-order valence-electron chi connectivity index (χ4n) is 2.33. The Bertz CT molecular complexity index is 1010. The third-order valence-electron chi connectivity index (χ3n) is 3.55. The van der Waals surface area contributed by atoms with Gasteiger partial charge in [-0.1, -0.05) is 0 Å². The number of methoxy groups -OCH3 is 1. The predicted octanol–water partition coefficient (Wildman–Crippen LogP) is 4.06. The summed E-state index contributed by atoms with van der Waals surface area (Å²) < 4.78 is 28.9. The van der Waals surface area contributed by atoms with Gasteiger partial charge in [0.15, 0.2) is 0 Å². The van der Waals surface area contributed by atoms with Crippen molar-refractivity contribution in [3.05, 3.63) is 74.3 Å². The molecule has 0 saturated heterocycles. The highest BCUT2D eigenvalue weighted by molar-refractivity contribution is 9.10. The number of hydrogen-bond acceptors (Lipinski definition) is 5. The third kappa shape index (κ3) is 3.71. The second kappa shape index (κ2) is 7.06. The molecule has 25 heavy (non-hydrogen) atoms. The molecule has 7 heteroatoms. The molecule has 128 valence electrons. The lowest BCUT2D eigenvalue weighted by Crippen LogP contribution is -2.08. The van der Waals surface area contributed by atoms with Gasteiger partial charge in [0.05, 0.1) is 12.7 Å². The smallest absolute Gasteiger partial charge is 0.339 e. The number of halogens is 2. The van der Waals surface area contributed by atoms with Crippen molar-refractivity contribution in [2.24, 2.45) is 0 Å². The van der Waals surface area contributed by atoms with Crippen LogP contribution in [-0.2, 0) is 11.3 Å². The summed E-state index contributed by atoms with van der Waals surface area (Å²) in [5.74, 6) is -0.564. The lowest BCUT2D eigenvalue weighted by atomic mass is 10.1. The average molecular weight is 407 g/mol. The molecular weight excluding hydrogens is 395 g/mol. The fourth-order valence-corrected chi connectivity index (χ4v) is 2.85. The normalized spacial score (nSPS) is 10.7. The maximum atomic E-state index is 13.1. The number of hydrogen-bond donors (Lipinski definition) is 0. The van der Waals surface area contributed by atoms with Crippen LogP contribution in [-0.4, -0.2) is 13.1 Å². The lowest BCUT2D eigenvalue weighted by molar-refractivity contribution is 0.0472. The van der Waals surface area contributed by atoms with Gasteiger partial charge in [-0.05, 0) is 46.3 Å². The maximum Gasteiger partial charge on any atom is 0.339 e. The largest absolute Gasteiger partial charge is 0.497 e. The van der Waals surface area contributed by atoms with E-state index in [0.717, 1.165) is 0 Å². The summed E-state index contributed by atoms with van der Waals surface area (Å²) in [5.41, 5.74) is 0.464. The lowest BCUT2D eigenvalue weighted by Gasteiger charge is -2.09. The SMILES string of the molecule is COc1ccc2c(COC(=O)c3ccc(F)cc3Br)cc(=O)oc2c1. The molecule has 0 N–H and O–H groups in total. The molecule has 0 fully saturated rings. The van der Waals surface area contributed by atoms with Crippen molar-refractivity contribution in [2.45, 2.75) is 6.61 Å². The summed E-state index contributed by atoms with van der Waals surface area (Å²) >= 11 is 3.12. The summed E-state index contributed by atoms with van der Waals surface area (Å²) in [5, 5.41) is 0.631. The van der Waals surface area contributed by atoms with Gasteiger partial charge in [-0.15, -0.1) is 0 Å². The van der Waals surface area contributed by atoms with Gasteiger partial charge in [-0.25, -0.2) is 14.0 Å². The first-order valence-electron chi connectivity index (χ1n) is 7.21. The van der Waals surface area contributed by atoms with Gasteiger partial charge in [0.25, 0.3) is 0 Å². The Balaban J connectivity index is 1.88. The molecule has 1 aromatic heterocycles. The van der Waals surface area contributed by atoms with Crippen LogP contribution in [0.2, 0.25) is 0 Å². The van der Waals surface area contributed by atoms with Gasteiger partial charge in [-0.3, -0.25) is 0 Å². The standard InChI is InChI=1S/C18H12BrFO5/c1-23-12-3-5-13-10(6-17(21)25-16(13)8-12)9-24-18(22)14-4-2-11(20)7-15(14)19/h2-8H,9H2,1H3. The van der Waals surface area contributed by atoms with E-state index in [2.05, 4.69) is 15.9 Å². The molecule has 0 atom stereocenters. The van der Waals surface area contributed by atoms with E-state index in [-0.39, 0.29) is 12.2 Å². The Morgan fingerprint density at radius 3 is 2.72 bits per heavy atom. The molecule has 0 saturated carbocycles. The van der Waals surface area contributed by atoms with Gasteiger partial charge in [0.2, 0.25) is 0 Å². The number of carbonyl (C=O) groups excluding carboxylic acids is 1. The van der Waals surface area contributed by atoms with Crippen molar-refractivity contribution in [1.29, 1.82) is 0 Å². The highest BCUT2D eigenvalue weighted by Gasteiger charge is 2.14. The average Bonchev–Trinajstić information content (AvgIpc) is 2.58. The van der Waals surface area contributed by atoms with Gasteiger partial charge in [-0.2, -0.15) is 0 Å². The van der Waals surface area contributed by atoms with Gasteiger partial charge < -0.3 is 13.9 Å². The Morgan fingerprint density at radius 2 is 2.00 bits per heavy atom. The monoisotopic (exact) mass is 406 g/mol. The molecule has 2 aromatic carbocycles. The number of fused-ring (bicyclic) bond motifs is 1. The Kier molecular flexibility index (Phi) is 4.85. The molecule has 0 aliphatic heterocycles. The molecule has 0 unspecified atom stereocenters. The van der Waals surface area contributed by atoms with E-state index in [0.29, 0.717) is 26.8 Å². The van der Waals surface area contributed by atoms with E-state index in [9.17, 15) is 14.0 Å². The van der Waals surface area contributed by atoms with Crippen LogP contribution in [0.15, 0.2) is 56.1 Å². The molecule has 3 rings (SSSR count). The van der Waals surface area contributed by atoms with Gasteiger partial charge in [0, 0.05) is 27.6 Å². The summed E-state index contributed by atoms with van der Waals surface area (Å²) in [7, 11) is 1.51. The summed E-state index contributed by atoms with van der Waals surface area (Å²) in [6.07, 6.45) is 0. The molecule has 3 aromatic rings. The van der Waals surface area contributed by atoms with Crippen LogP contribution >= 0.6 is 15.9 Å². The van der Waals surface area contributed by atoms with Crippen LogP contribution < -0.4 is 10.4 Å². The second-order valence-electron chi connectivity index (χ2n) is 5.15. The fraction of sp³-hybridized carbons (Fsp3) is 0.111. The zero-order chi connectivity index (χ0) is 18.0. The van der Waals surface area contributed by atoms with E-state index >= 15 is 0 Å². The molecule has 0 aliphatic carbocycles. The highest BCUT2D eigenvalue weighted by atomic mass is 79.9. The maximum absolute atomic E-state index is 13.1. The Labute approximate surface area is 150 Å². The highest BCUT2D eigenvalue weighted by Crippen LogP contribution is 2.24. The van der Waals surface area contributed by atoms with E-state index in [1.165, 1.54) is 31.4 Å². The van der Waals surface area contributed by atoms with Crippen molar-refractivity contribution in [3.63, 3.8) is 0 Å². The van der Waals surface area contributed by atoms with Crippen molar-refractivity contribution in [2.75, 3.05) is 7.11 Å². The number of ether oxygens (including phenoxy) is 2. The first kappa shape index (κ1) is 17.2. The van der Waals surface area contributed by atoms with Crippen molar-refractivity contribution < 1.29 is 23.1 Å². The minimum Gasteiger partial charge on any atom is -0.497 e. The van der Waals surface area contributed by atoms with E-state index < -0.39 is 17.4 Å². The summed E-state index contributed by atoms with van der Waals surface area (Å²) in [4.78, 5) is 23.9. The summed E-state index contributed by atoms with van der Waals surface area (Å²) in [6, 6.07) is 9.94. The molecule has 0 radical (unpaired) electrons. The topological polar surface area (TPSA) is 65.7 Å². The van der Waals surface area contributed by atoms with Gasteiger partial charge >= 0.3 is 11.6 Å². The van der Waals surface area contributed by atoms with Crippen LogP contribution in [0.25, 0.3) is 11.0 Å². The molecule has 1 heterocycles. The van der Waals surface area contributed by atoms with Crippen LogP contribution in [0, 0.1) is 5.82 Å². The first-order valence-corrected chi connectivity index (χ1v) is 8.00. The molecule has 0 spiro atoms. The van der Waals surface area contributed by atoms with Gasteiger partial charge in [0.1, 0.15) is 23.8 Å². The predicted molar refractivity (Wildman–Crippen MR) is 92.3 cm³/mol. The number of benzene rings is 2. The molecule has 5 nitrogen and oxygen atoms in total. The minimum absolute atomic E-state index is 0.128. The molecule has 0 bridgehead atoms. The van der Waals surface area contributed by atoms with Crippen LogP contribution in [0.3, 0.4) is 0 Å². The zero-order valence-electron chi connectivity index (χ0n) is 13.0. The first-order chi connectivity index (χ1) is 12.0. The van der Waals surface area contributed by atoms with E-state index in [1.54, 1.807) is 18.2 Å². The quantitative estimate of drug-likeness (QED) is 0.482. The number of rotatable bonds is 4. The van der Waals surface area contributed by atoms with Crippen LogP contribution in [0.5, 0.6) is 5.75 Å². The van der Waals surface area contributed by atoms with Crippen molar-refractivity contribution >= 4 is 32.9 Å². The van der Waals surface area contributed by atoms with Crippen LogP contribution in [0.1, 0.15) is 15.9 Å². The van der Waals surface area contributed by atoms with Crippen molar-refractivity contribution in [1.82, 2.24) is 0 Å². The minimum atomic E-state index is -0.637. The van der Waals surface area contributed by atoms with E-state index in [4.69, 9.17) is 13.9 Å². The number of esters is 1.